The Bertz CT molecular complexity index is 545. The van der Waals surface area contributed by atoms with E-state index in [1.807, 2.05) is 0 Å². The summed E-state index contributed by atoms with van der Waals surface area (Å²) in [6, 6.07) is 0. The van der Waals surface area contributed by atoms with Gasteiger partial charge in [0.2, 0.25) is 10.0 Å². The van der Waals surface area contributed by atoms with Crippen molar-refractivity contribution in [2.24, 2.45) is 18.9 Å². The molecule has 1 saturated heterocycles. The lowest BCUT2D eigenvalue weighted by molar-refractivity contribution is 0.265. The SMILES string of the molecule is CC(C)CNCC1CCN(S(=O)(=O)c2cnn(C)c2)CC1. The van der Waals surface area contributed by atoms with Gasteiger partial charge in [0.1, 0.15) is 4.90 Å². The van der Waals surface area contributed by atoms with Crippen LogP contribution in [0.5, 0.6) is 0 Å². The third-order valence-electron chi connectivity index (χ3n) is 3.88. The molecule has 1 aliphatic rings. The standard InChI is InChI=1S/C14H26N4O2S/c1-12(2)8-15-9-13-4-6-18(7-5-13)21(19,20)14-10-16-17(3)11-14/h10-13,15H,4-9H2,1-3H3. The molecule has 0 aromatic carbocycles. The largest absolute Gasteiger partial charge is 0.316 e. The van der Waals surface area contributed by atoms with Gasteiger partial charge in [0.25, 0.3) is 0 Å². The van der Waals surface area contributed by atoms with Gasteiger partial charge in [-0.05, 0) is 37.8 Å². The summed E-state index contributed by atoms with van der Waals surface area (Å²) in [5, 5.41) is 7.41. The maximum atomic E-state index is 12.5. The van der Waals surface area contributed by atoms with Crippen molar-refractivity contribution in [3.05, 3.63) is 12.4 Å². The topological polar surface area (TPSA) is 67.2 Å². The van der Waals surface area contributed by atoms with Gasteiger partial charge in [-0.3, -0.25) is 4.68 Å². The van der Waals surface area contributed by atoms with Crippen LogP contribution in [-0.4, -0.2) is 48.7 Å². The van der Waals surface area contributed by atoms with Gasteiger partial charge in [-0.25, -0.2) is 8.42 Å². The molecule has 0 aliphatic carbocycles. The van der Waals surface area contributed by atoms with Gasteiger partial charge in [-0.15, -0.1) is 0 Å². The molecule has 0 bridgehead atoms. The van der Waals surface area contributed by atoms with E-state index in [2.05, 4.69) is 24.3 Å². The molecule has 1 N–H and O–H groups in total. The Morgan fingerprint density at radius 1 is 1.38 bits per heavy atom. The van der Waals surface area contributed by atoms with E-state index in [0.29, 0.717) is 29.8 Å². The first-order valence-electron chi connectivity index (χ1n) is 7.59. The predicted octanol–water partition coefficient (Wildman–Crippen LogP) is 1.07. The van der Waals surface area contributed by atoms with E-state index < -0.39 is 10.0 Å². The molecular formula is C14H26N4O2S. The molecule has 0 radical (unpaired) electrons. The number of hydrogen-bond acceptors (Lipinski definition) is 4. The first-order valence-corrected chi connectivity index (χ1v) is 9.03. The second-order valence-electron chi connectivity index (χ2n) is 6.25. The number of aromatic nitrogens is 2. The van der Waals surface area contributed by atoms with E-state index in [1.54, 1.807) is 17.5 Å². The quantitative estimate of drug-likeness (QED) is 0.853. The molecule has 1 aliphatic heterocycles. The Labute approximate surface area is 127 Å². The first-order chi connectivity index (χ1) is 9.89. The smallest absolute Gasteiger partial charge is 0.246 e. The summed E-state index contributed by atoms with van der Waals surface area (Å²) in [5.41, 5.74) is 0. The van der Waals surface area contributed by atoms with Gasteiger partial charge in [0.05, 0.1) is 6.20 Å². The fraction of sp³-hybridized carbons (Fsp3) is 0.786. The molecule has 2 rings (SSSR count). The molecule has 6 nitrogen and oxygen atoms in total. The number of piperidine rings is 1. The highest BCUT2D eigenvalue weighted by Gasteiger charge is 2.30. The minimum atomic E-state index is -3.37. The Morgan fingerprint density at radius 3 is 2.57 bits per heavy atom. The lowest BCUT2D eigenvalue weighted by Gasteiger charge is -2.31. The van der Waals surface area contributed by atoms with Crippen LogP contribution < -0.4 is 5.32 Å². The number of hydrogen-bond donors (Lipinski definition) is 1. The van der Waals surface area contributed by atoms with Crippen LogP contribution in [-0.2, 0) is 17.1 Å². The highest BCUT2D eigenvalue weighted by molar-refractivity contribution is 7.89. The number of nitrogens with one attached hydrogen (secondary N) is 1. The molecule has 0 atom stereocenters. The average Bonchev–Trinajstić information content (AvgIpc) is 2.86. The highest BCUT2D eigenvalue weighted by atomic mass is 32.2. The van der Waals surface area contributed by atoms with Gasteiger partial charge in [-0.2, -0.15) is 9.40 Å². The van der Waals surface area contributed by atoms with Crippen LogP contribution in [0.4, 0.5) is 0 Å². The van der Waals surface area contributed by atoms with E-state index in [4.69, 9.17) is 0 Å². The molecule has 21 heavy (non-hydrogen) atoms. The molecule has 0 unspecified atom stereocenters. The van der Waals surface area contributed by atoms with Crippen LogP contribution in [0.15, 0.2) is 17.3 Å². The van der Waals surface area contributed by atoms with Crippen molar-refractivity contribution < 1.29 is 8.42 Å². The van der Waals surface area contributed by atoms with Gasteiger partial charge in [0.15, 0.2) is 0 Å². The third-order valence-corrected chi connectivity index (χ3v) is 5.73. The Balaban J connectivity index is 1.86. The summed E-state index contributed by atoms with van der Waals surface area (Å²) >= 11 is 0. The van der Waals surface area contributed by atoms with Crippen molar-refractivity contribution in [3.63, 3.8) is 0 Å². The molecule has 0 amide bonds. The Kier molecular flexibility index (Phi) is 5.40. The van der Waals surface area contributed by atoms with Crippen molar-refractivity contribution in [3.8, 4) is 0 Å². The molecule has 1 aromatic heterocycles. The fourth-order valence-corrected chi connectivity index (χ4v) is 4.07. The lowest BCUT2D eigenvalue weighted by Crippen LogP contribution is -2.41. The number of nitrogens with zero attached hydrogens (tertiary/aromatic N) is 3. The van der Waals surface area contributed by atoms with E-state index in [-0.39, 0.29) is 0 Å². The lowest BCUT2D eigenvalue weighted by atomic mass is 9.98. The minimum absolute atomic E-state index is 0.293. The Hall–Kier alpha value is -0.920. The van der Waals surface area contributed by atoms with Crippen molar-refractivity contribution in [2.45, 2.75) is 31.6 Å². The van der Waals surface area contributed by atoms with Crippen LogP contribution in [0, 0.1) is 11.8 Å². The molecule has 1 fully saturated rings. The Morgan fingerprint density at radius 2 is 2.05 bits per heavy atom. The zero-order valence-corrected chi connectivity index (χ0v) is 13.9. The number of rotatable bonds is 6. The predicted molar refractivity (Wildman–Crippen MR) is 82.4 cm³/mol. The van der Waals surface area contributed by atoms with Crippen LogP contribution in [0.3, 0.4) is 0 Å². The highest BCUT2D eigenvalue weighted by Crippen LogP contribution is 2.23. The van der Waals surface area contributed by atoms with E-state index in [0.717, 1.165) is 25.9 Å². The van der Waals surface area contributed by atoms with Gasteiger partial charge in [-0.1, -0.05) is 13.8 Å². The first kappa shape index (κ1) is 16.5. The maximum absolute atomic E-state index is 12.5. The second kappa shape index (κ2) is 6.89. The van der Waals surface area contributed by atoms with E-state index in [9.17, 15) is 8.42 Å². The third kappa shape index (κ3) is 4.28. The summed E-state index contributed by atoms with van der Waals surface area (Å²) < 4.78 is 28.0. The van der Waals surface area contributed by atoms with Gasteiger partial charge < -0.3 is 5.32 Å². The molecule has 2 heterocycles. The summed E-state index contributed by atoms with van der Waals surface area (Å²) in [7, 11) is -1.64. The van der Waals surface area contributed by atoms with Crippen molar-refractivity contribution in [2.75, 3.05) is 26.2 Å². The molecule has 120 valence electrons. The molecular weight excluding hydrogens is 288 g/mol. The van der Waals surface area contributed by atoms with Crippen LogP contribution in [0.1, 0.15) is 26.7 Å². The summed E-state index contributed by atoms with van der Waals surface area (Å²) in [6.07, 6.45) is 4.83. The number of aryl methyl sites for hydroxylation is 1. The zero-order valence-electron chi connectivity index (χ0n) is 13.1. The molecule has 7 heteroatoms. The molecule has 1 aromatic rings. The number of sulfonamides is 1. The van der Waals surface area contributed by atoms with Crippen molar-refractivity contribution >= 4 is 10.0 Å². The van der Waals surface area contributed by atoms with Crippen LogP contribution in [0.25, 0.3) is 0 Å². The van der Waals surface area contributed by atoms with Crippen LogP contribution in [0.2, 0.25) is 0 Å². The van der Waals surface area contributed by atoms with Crippen molar-refractivity contribution in [1.82, 2.24) is 19.4 Å². The van der Waals surface area contributed by atoms with Gasteiger partial charge in [0, 0.05) is 26.3 Å². The van der Waals surface area contributed by atoms with E-state index >= 15 is 0 Å². The minimum Gasteiger partial charge on any atom is -0.316 e. The summed E-state index contributed by atoms with van der Waals surface area (Å²) in [6.45, 7) is 7.59. The fourth-order valence-electron chi connectivity index (χ4n) is 2.61. The average molecular weight is 314 g/mol. The molecule has 0 saturated carbocycles. The second-order valence-corrected chi connectivity index (χ2v) is 8.19. The van der Waals surface area contributed by atoms with Gasteiger partial charge >= 0.3 is 0 Å². The zero-order chi connectivity index (χ0) is 15.5. The monoisotopic (exact) mass is 314 g/mol. The van der Waals surface area contributed by atoms with E-state index in [1.165, 1.54) is 10.9 Å². The normalized spacial score (nSPS) is 18.5. The molecule has 0 spiro atoms. The van der Waals surface area contributed by atoms with Crippen LogP contribution >= 0.6 is 0 Å². The summed E-state index contributed by atoms with van der Waals surface area (Å²) in [4.78, 5) is 0.293. The summed E-state index contributed by atoms with van der Waals surface area (Å²) in [5.74, 6) is 1.22. The van der Waals surface area contributed by atoms with Crippen molar-refractivity contribution in [1.29, 1.82) is 0 Å². The maximum Gasteiger partial charge on any atom is 0.246 e.